The van der Waals surface area contributed by atoms with E-state index in [4.69, 9.17) is 0 Å². The number of hydrogen-bond donors (Lipinski definition) is 1. The third kappa shape index (κ3) is 2.70. The lowest BCUT2D eigenvalue weighted by atomic mass is 9.97. The predicted molar refractivity (Wildman–Crippen MR) is 68.7 cm³/mol. The van der Waals surface area contributed by atoms with Gasteiger partial charge in [-0.25, -0.2) is 4.39 Å². The van der Waals surface area contributed by atoms with Crippen LogP contribution in [0, 0.1) is 5.82 Å². The molecule has 2 fully saturated rings. The van der Waals surface area contributed by atoms with Crippen LogP contribution in [0.5, 0.6) is 0 Å². The Hall–Kier alpha value is -1.00. The second-order valence-electron chi connectivity index (χ2n) is 5.45. The van der Waals surface area contributed by atoms with Crippen molar-refractivity contribution in [2.45, 2.75) is 44.3 Å². The van der Waals surface area contributed by atoms with Crippen LogP contribution < -0.4 is 5.32 Å². The maximum Gasteiger partial charge on any atom is 0.141 e. The van der Waals surface area contributed by atoms with Gasteiger partial charge in [-0.15, -0.1) is 0 Å². The molecular formula is C14H20FN3. The highest BCUT2D eigenvalue weighted by Gasteiger charge is 2.31. The summed E-state index contributed by atoms with van der Waals surface area (Å²) in [6.45, 7) is 3.22. The normalized spacial score (nSPS) is 28.3. The number of fused-ring (bicyclic) bond motifs is 1. The van der Waals surface area contributed by atoms with E-state index >= 15 is 0 Å². The number of aromatic nitrogens is 1. The zero-order valence-electron chi connectivity index (χ0n) is 10.6. The van der Waals surface area contributed by atoms with Crippen molar-refractivity contribution in [1.29, 1.82) is 0 Å². The van der Waals surface area contributed by atoms with Crippen molar-refractivity contribution < 1.29 is 4.39 Å². The number of pyridine rings is 1. The summed E-state index contributed by atoms with van der Waals surface area (Å²) < 4.78 is 13.0. The van der Waals surface area contributed by atoms with Crippen molar-refractivity contribution in [2.24, 2.45) is 0 Å². The van der Waals surface area contributed by atoms with Crippen LogP contribution in [0.3, 0.4) is 0 Å². The Kier molecular flexibility index (Phi) is 3.57. The molecule has 3 heterocycles. The van der Waals surface area contributed by atoms with E-state index < -0.39 is 0 Å². The lowest BCUT2D eigenvalue weighted by molar-refractivity contribution is 0.166. The minimum atomic E-state index is -0.250. The van der Waals surface area contributed by atoms with Gasteiger partial charge in [0, 0.05) is 24.8 Å². The van der Waals surface area contributed by atoms with Gasteiger partial charge in [-0.2, -0.15) is 0 Å². The monoisotopic (exact) mass is 249 g/mol. The van der Waals surface area contributed by atoms with Crippen molar-refractivity contribution in [3.63, 3.8) is 0 Å². The van der Waals surface area contributed by atoms with Gasteiger partial charge in [0.2, 0.25) is 0 Å². The summed E-state index contributed by atoms with van der Waals surface area (Å²) in [5.41, 5.74) is 0.934. The van der Waals surface area contributed by atoms with E-state index in [-0.39, 0.29) is 5.82 Å². The van der Waals surface area contributed by atoms with E-state index in [1.165, 1.54) is 45.0 Å². The molecule has 2 atom stereocenters. The lowest BCUT2D eigenvalue weighted by Gasteiger charge is -2.35. The molecule has 0 aliphatic carbocycles. The molecule has 0 aromatic carbocycles. The summed E-state index contributed by atoms with van der Waals surface area (Å²) in [4.78, 5) is 6.49. The van der Waals surface area contributed by atoms with Crippen molar-refractivity contribution >= 4 is 0 Å². The number of piperidine rings is 1. The molecule has 3 rings (SSSR count). The summed E-state index contributed by atoms with van der Waals surface area (Å²) in [7, 11) is 0. The predicted octanol–water partition coefficient (Wildman–Crippen LogP) is 1.94. The summed E-state index contributed by atoms with van der Waals surface area (Å²) in [6.07, 6.45) is 8.13. The maximum absolute atomic E-state index is 13.0. The fourth-order valence-corrected chi connectivity index (χ4v) is 3.22. The Bertz CT molecular complexity index is 410. The average Bonchev–Trinajstić information content (AvgIpc) is 2.84. The van der Waals surface area contributed by atoms with Crippen LogP contribution in [-0.4, -0.2) is 35.1 Å². The highest BCUT2D eigenvalue weighted by atomic mass is 19.1. The van der Waals surface area contributed by atoms with E-state index in [9.17, 15) is 4.39 Å². The molecule has 0 bridgehead atoms. The molecule has 0 radical (unpaired) electrons. The first-order valence-corrected chi connectivity index (χ1v) is 6.88. The molecule has 0 amide bonds. The molecular weight excluding hydrogens is 229 g/mol. The Morgan fingerprint density at radius 3 is 3.17 bits per heavy atom. The Morgan fingerprint density at radius 2 is 2.28 bits per heavy atom. The van der Waals surface area contributed by atoms with Crippen molar-refractivity contribution in [3.8, 4) is 0 Å². The van der Waals surface area contributed by atoms with Gasteiger partial charge in [0.05, 0.1) is 6.20 Å². The number of rotatable bonds is 3. The summed E-state index contributed by atoms with van der Waals surface area (Å²) >= 11 is 0. The van der Waals surface area contributed by atoms with Crippen molar-refractivity contribution in [3.05, 3.63) is 29.8 Å². The Morgan fingerprint density at radius 1 is 1.33 bits per heavy atom. The van der Waals surface area contributed by atoms with Gasteiger partial charge in [0.25, 0.3) is 0 Å². The highest BCUT2D eigenvalue weighted by molar-refractivity contribution is 5.10. The van der Waals surface area contributed by atoms with Crippen LogP contribution >= 0.6 is 0 Å². The van der Waals surface area contributed by atoms with Crippen molar-refractivity contribution in [1.82, 2.24) is 15.2 Å². The van der Waals surface area contributed by atoms with Crippen LogP contribution in [0.15, 0.2) is 18.5 Å². The van der Waals surface area contributed by atoms with Gasteiger partial charge in [0.1, 0.15) is 5.82 Å². The Balaban J connectivity index is 1.51. The van der Waals surface area contributed by atoms with E-state index in [0.29, 0.717) is 6.04 Å². The third-order valence-corrected chi connectivity index (χ3v) is 4.18. The lowest BCUT2D eigenvalue weighted by Crippen LogP contribution is -2.45. The molecule has 3 nitrogen and oxygen atoms in total. The fourth-order valence-electron chi connectivity index (χ4n) is 3.22. The average molecular weight is 249 g/mol. The second kappa shape index (κ2) is 5.33. The summed E-state index contributed by atoms with van der Waals surface area (Å²) in [5, 5.41) is 3.54. The molecule has 1 aromatic rings. The molecule has 1 N–H and O–H groups in total. The molecule has 2 saturated heterocycles. The first-order valence-electron chi connectivity index (χ1n) is 6.88. The smallest absolute Gasteiger partial charge is 0.141 e. The van der Waals surface area contributed by atoms with Gasteiger partial charge < -0.3 is 10.2 Å². The first-order chi connectivity index (χ1) is 8.81. The van der Waals surface area contributed by atoms with Gasteiger partial charge >= 0.3 is 0 Å². The summed E-state index contributed by atoms with van der Waals surface area (Å²) in [6, 6.07) is 2.92. The molecule has 4 heteroatoms. The molecule has 0 saturated carbocycles. The standard InChI is InChI=1S/C14H20FN3/c15-12-6-11(8-16-10-12)9-17-13-3-5-18-4-1-2-14(18)7-13/h6,8,10,13-14,17H,1-5,7,9H2. The molecule has 2 aliphatic rings. The minimum absolute atomic E-state index is 0.250. The van der Waals surface area contributed by atoms with Crippen LogP contribution in [0.1, 0.15) is 31.2 Å². The van der Waals surface area contributed by atoms with Crippen LogP contribution in [0.4, 0.5) is 4.39 Å². The number of hydrogen-bond acceptors (Lipinski definition) is 3. The molecule has 0 spiro atoms. The largest absolute Gasteiger partial charge is 0.310 e. The quantitative estimate of drug-likeness (QED) is 0.887. The van der Waals surface area contributed by atoms with Crippen LogP contribution in [-0.2, 0) is 6.54 Å². The SMILES string of the molecule is Fc1cncc(CNC2CCN3CCCC3C2)c1. The molecule has 98 valence electrons. The topological polar surface area (TPSA) is 28.2 Å². The van der Waals surface area contributed by atoms with Gasteiger partial charge in [-0.1, -0.05) is 0 Å². The number of nitrogens with one attached hydrogen (secondary N) is 1. The van der Waals surface area contributed by atoms with Gasteiger partial charge in [-0.05, 0) is 50.4 Å². The Labute approximate surface area is 107 Å². The van der Waals surface area contributed by atoms with Gasteiger partial charge in [-0.3, -0.25) is 4.98 Å². The number of halogens is 1. The third-order valence-electron chi connectivity index (χ3n) is 4.18. The van der Waals surface area contributed by atoms with E-state index in [1.54, 1.807) is 12.3 Å². The minimum Gasteiger partial charge on any atom is -0.310 e. The summed E-state index contributed by atoms with van der Waals surface area (Å²) in [5.74, 6) is -0.250. The van der Waals surface area contributed by atoms with Gasteiger partial charge in [0.15, 0.2) is 0 Å². The molecule has 18 heavy (non-hydrogen) atoms. The zero-order valence-corrected chi connectivity index (χ0v) is 10.6. The molecule has 2 aliphatic heterocycles. The van der Waals surface area contributed by atoms with Crippen LogP contribution in [0.2, 0.25) is 0 Å². The molecule has 2 unspecified atom stereocenters. The zero-order chi connectivity index (χ0) is 12.4. The second-order valence-corrected chi connectivity index (χ2v) is 5.45. The molecule has 1 aromatic heterocycles. The fraction of sp³-hybridized carbons (Fsp3) is 0.643. The maximum atomic E-state index is 13.0. The van der Waals surface area contributed by atoms with Crippen LogP contribution in [0.25, 0.3) is 0 Å². The number of nitrogens with zero attached hydrogens (tertiary/aromatic N) is 2. The first kappa shape index (κ1) is 12.1. The van der Waals surface area contributed by atoms with E-state index in [1.807, 2.05) is 0 Å². The van der Waals surface area contributed by atoms with Crippen molar-refractivity contribution in [2.75, 3.05) is 13.1 Å². The highest BCUT2D eigenvalue weighted by Crippen LogP contribution is 2.26. The van der Waals surface area contributed by atoms with E-state index in [0.717, 1.165) is 18.2 Å². The van der Waals surface area contributed by atoms with E-state index in [2.05, 4.69) is 15.2 Å².